The van der Waals surface area contributed by atoms with Crippen LogP contribution in [0.4, 0.5) is 0 Å². The molecule has 0 saturated heterocycles. The first kappa shape index (κ1) is 16.6. The highest BCUT2D eigenvalue weighted by atomic mass is 79.9. The molecule has 0 atom stereocenters. The maximum Gasteiger partial charge on any atom is 0.257 e. The first-order valence-corrected chi connectivity index (χ1v) is 7.77. The third kappa shape index (κ3) is 4.39. The number of hydrogen-bond donors (Lipinski definition) is 1. The number of rotatable bonds is 5. The molecule has 0 aromatic heterocycles. The van der Waals surface area contributed by atoms with Gasteiger partial charge in [-0.15, -0.1) is 0 Å². The van der Waals surface area contributed by atoms with Crippen molar-refractivity contribution >= 4 is 33.4 Å². The Morgan fingerprint density at radius 3 is 2.64 bits per heavy atom. The zero-order valence-corrected chi connectivity index (χ0v) is 14.3. The molecule has 0 aliphatic heterocycles. The molecule has 0 heterocycles. The highest BCUT2D eigenvalue weighted by molar-refractivity contribution is 9.10. The summed E-state index contributed by atoms with van der Waals surface area (Å²) in [4.78, 5) is 13.8. The number of phenolic OH excluding ortho intramolecular Hbond substituents is 1. The lowest BCUT2D eigenvalue weighted by molar-refractivity contribution is 0.0770. The van der Waals surface area contributed by atoms with Gasteiger partial charge in [0.15, 0.2) is 0 Å². The predicted octanol–water partition coefficient (Wildman–Crippen LogP) is 3.96. The number of carbonyl (C=O) groups excluding carboxylic acids is 1. The van der Waals surface area contributed by atoms with E-state index >= 15 is 0 Å². The Labute approximate surface area is 142 Å². The van der Waals surface area contributed by atoms with Crippen molar-refractivity contribution in [1.82, 2.24) is 4.90 Å². The third-order valence-electron chi connectivity index (χ3n) is 3.04. The Hall–Kier alpha value is -1.72. The van der Waals surface area contributed by atoms with Crippen LogP contribution >= 0.6 is 27.5 Å². The van der Waals surface area contributed by atoms with Crippen molar-refractivity contribution in [2.45, 2.75) is 0 Å². The summed E-state index contributed by atoms with van der Waals surface area (Å²) < 4.78 is 6.28. The fourth-order valence-corrected chi connectivity index (χ4v) is 2.31. The van der Waals surface area contributed by atoms with E-state index in [2.05, 4.69) is 15.9 Å². The minimum absolute atomic E-state index is 0.0429. The van der Waals surface area contributed by atoms with Crippen LogP contribution in [-0.2, 0) is 0 Å². The average molecular weight is 385 g/mol. The molecule has 0 aliphatic rings. The average Bonchev–Trinajstić information content (AvgIpc) is 2.51. The molecule has 2 aromatic rings. The lowest BCUT2D eigenvalue weighted by Crippen LogP contribution is -2.30. The van der Waals surface area contributed by atoms with Crippen LogP contribution in [0.3, 0.4) is 0 Å². The molecule has 0 bridgehead atoms. The van der Waals surface area contributed by atoms with Crippen LogP contribution in [0.1, 0.15) is 10.4 Å². The molecule has 2 aromatic carbocycles. The SMILES string of the molecule is CN(CCOc1ccc(Cl)cc1)C(=O)c1cc(Br)ccc1O. The molecule has 2 rings (SSSR count). The van der Waals surface area contributed by atoms with Gasteiger partial charge in [0.1, 0.15) is 18.1 Å². The summed E-state index contributed by atoms with van der Waals surface area (Å²) in [5, 5.41) is 10.4. The predicted molar refractivity (Wildman–Crippen MR) is 89.7 cm³/mol. The second-order valence-corrected chi connectivity index (χ2v) is 6.04. The van der Waals surface area contributed by atoms with Gasteiger partial charge < -0.3 is 14.7 Å². The van der Waals surface area contributed by atoms with E-state index in [1.165, 1.54) is 11.0 Å². The zero-order valence-electron chi connectivity index (χ0n) is 11.9. The van der Waals surface area contributed by atoms with Crippen LogP contribution in [0.15, 0.2) is 46.9 Å². The molecular weight excluding hydrogens is 370 g/mol. The van der Waals surface area contributed by atoms with Gasteiger partial charge in [-0.3, -0.25) is 4.79 Å². The number of amides is 1. The molecule has 22 heavy (non-hydrogen) atoms. The van der Waals surface area contributed by atoms with Crippen LogP contribution in [-0.4, -0.2) is 36.1 Å². The van der Waals surface area contributed by atoms with Gasteiger partial charge in [0.25, 0.3) is 5.91 Å². The monoisotopic (exact) mass is 383 g/mol. The molecule has 0 spiro atoms. The standard InChI is InChI=1S/C16H15BrClNO3/c1-19(8-9-22-13-5-3-12(18)4-6-13)16(21)14-10-11(17)2-7-15(14)20/h2-7,10,20H,8-9H2,1H3. The number of likely N-dealkylation sites (N-methyl/N-ethyl adjacent to an activating group) is 1. The Bertz CT molecular complexity index is 661. The molecule has 0 aliphatic carbocycles. The normalized spacial score (nSPS) is 10.3. The summed E-state index contributed by atoms with van der Waals surface area (Å²) in [6, 6.07) is 11.8. The van der Waals surface area contributed by atoms with E-state index in [0.717, 1.165) is 4.47 Å². The molecular formula is C16H15BrClNO3. The van der Waals surface area contributed by atoms with Gasteiger partial charge in [0.05, 0.1) is 12.1 Å². The summed E-state index contributed by atoms with van der Waals surface area (Å²) in [6.45, 7) is 0.742. The third-order valence-corrected chi connectivity index (χ3v) is 3.79. The fraction of sp³-hybridized carbons (Fsp3) is 0.188. The maximum absolute atomic E-state index is 12.3. The van der Waals surface area contributed by atoms with Crippen molar-refractivity contribution in [3.05, 3.63) is 57.5 Å². The van der Waals surface area contributed by atoms with E-state index in [1.807, 2.05) is 0 Å². The van der Waals surface area contributed by atoms with Crippen molar-refractivity contribution in [3.8, 4) is 11.5 Å². The fourth-order valence-electron chi connectivity index (χ4n) is 1.82. The van der Waals surface area contributed by atoms with Gasteiger partial charge in [0, 0.05) is 16.5 Å². The summed E-state index contributed by atoms with van der Waals surface area (Å²) in [6.07, 6.45) is 0. The Morgan fingerprint density at radius 2 is 1.95 bits per heavy atom. The molecule has 6 heteroatoms. The quantitative estimate of drug-likeness (QED) is 0.849. The Morgan fingerprint density at radius 1 is 1.27 bits per heavy atom. The number of ether oxygens (including phenoxy) is 1. The van der Waals surface area contributed by atoms with Crippen LogP contribution in [0.2, 0.25) is 5.02 Å². The van der Waals surface area contributed by atoms with Gasteiger partial charge in [0.2, 0.25) is 0 Å². The number of halogens is 2. The van der Waals surface area contributed by atoms with Crippen molar-refractivity contribution < 1.29 is 14.6 Å². The smallest absolute Gasteiger partial charge is 0.257 e. The van der Waals surface area contributed by atoms with Gasteiger partial charge in [-0.1, -0.05) is 27.5 Å². The van der Waals surface area contributed by atoms with Crippen molar-refractivity contribution in [3.63, 3.8) is 0 Å². The number of hydrogen-bond acceptors (Lipinski definition) is 3. The Kier molecular flexibility index (Phi) is 5.69. The topological polar surface area (TPSA) is 49.8 Å². The second kappa shape index (κ2) is 7.51. The summed E-state index contributed by atoms with van der Waals surface area (Å²) in [5.74, 6) is 0.382. The van der Waals surface area contributed by atoms with Crippen molar-refractivity contribution in [2.75, 3.05) is 20.2 Å². The number of aromatic hydroxyl groups is 1. The summed E-state index contributed by atoms with van der Waals surface area (Å²) in [5.41, 5.74) is 0.253. The van der Waals surface area contributed by atoms with Crippen LogP contribution in [0.25, 0.3) is 0 Å². The molecule has 4 nitrogen and oxygen atoms in total. The van der Waals surface area contributed by atoms with Crippen LogP contribution in [0.5, 0.6) is 11.5 Å². The second-order valence-electron chi connectivity index (χ2n) is 4.69. The summed E-state index contributed by atoms with van der Waals surface area (Å²) in [7, 11) is 1.66. The number of carbonyl (C=O) groups is 1. The molecule has 1 amide bonds. The Balaban J connectivity index is 1.91. The number of phenols is 1. The minimum atomic E-state index is -0.265. The van der Waals surface area contributed by atoms with E-state index in [-0.39, 0.29) is 17.2 Å². The van der Waals surface area contributed by atoms with E-state index in [4.69, 9.17) is 16.3 Å². The molecule has 116 valence electrons. The lowest BCUT2D eigenvalue weighted by atomic mass is 10.2. The lowest BCUT2D eigenvalue weighted by Gasteiger charge is -2.18. The zero-order chi connectivity index (χ0) is 16.1. The highest BCUT2D eigenvalue weighted by Gasteiger charge is 2.16. The minimum Gasteiger partial charge on any atom is -0.507 e. The van der Waals surface area contributed by atoms with E-state index < -0.39 is 0 Å². The maximum atomic E-state index is 12.3. The van der Waals surface area contributed by atoms with Gasteiger partial charge in [-0.2, -0.15) is 0 Å². The van der Waals surface area contributed by atoms with Crippen molar-refractivity contribution in [2.24, 2.45) is 0 Å². The van der Waals surface area contributed by atoms with Gasteiger partial charge >= 0.3 is 0 Å². The molecule has 0 saturated carbocycles. The van der Waals surface area contributed by atoms with E-state index in [9.17, 15) is 9.90 Å². The molecule has 0 fully saturated rings. The van der Waals surface area contributed by atoms with Gasteiger partial charge in [-0.05, 0) is 42.5 Å². The van der Waals surface area contributed by atoms with Crippen LogP contribution < -0.4 is 4.74 Å². The number of benzene rings is 2. The molecule has 0 unspecified atom stereocenters. The van der Waals surface area contributed by atoms with Crippen LogP contribution in [0, 0.1) is 0 Å². The first-order valence-electron chi connectivity index (χ1n) is 6.59. The first-order chi connectivity index (χ1) is 10.5. The number of nitrogens with zero attached hydrogens (tertiary/aromatic N) is 1. The van der Waals surface area contributed by atoms with Gasteiger partial charge in [-0.25, -0.2) is 0 Å². The van der Waals surface area contributed by atoms with E-state index in [0.29, 0.717) is 23.9 Å². The van der Waals surface area contributed by atoms with Crippen molar-refractivity contribution in [1.29, 1.82) is 0 Å². The molecule has 0 radical (unpaired) electrons. The largest absolute Gasteiger partial charge is 0.507 e. The molecule has 1 N–H and O–H groups in total. The summed E-state index contributed by atoms with van der Waals surface area (Å²) >= 11 is 9.08. The van der Waals surface area contributed by atoms with E-state index in [1.54, 1.807) is 43.4 Å². The highest BCUT2D eigenvalue weighted by Crippen LogP contribution is 2.23.